The van der Waals surface area contributed by atoms with E-state index < -0.39 is 6.04 Å². The Bertz CT molecular complexity index is 975. The third kappa shape index (κ3) is 8.02. The number of halogens is 2. The molecule has 2 rings (SSSR count). The van der Waals surface area contributed by atoms with Gasteiger partial charge in [0.2, 0.25) is 5.91 Å². The van der Waals surface area contributed by atoms with Gasteiger partial charge < -0.3 is 15.0 Å². The Labute approximate surface area is 217 Å². The van der Waals surface area contributed by atoms with E-state index in [0.717, 1.165) is 28.4 Å². The molecule has 0 aliphatic carbocycles. The van der Waals surface area contributed by atoms with Crippen LogP contribution < -0.4 is 10.1 Å². The smallest absolute Gasteiger partial charge is 0.261 e. The van der Waals surface area contributed by atoms with Crippen LogP contribution >= 0.6 is 27.5 Å². The molecule has 1 N–H and O–H groups in total. The predicted octanol–water partition coefficient (Wildman–Crippen LogP) is 6.50. The van der Waals surface area contributed by atoms with Crippen molar-refractivity contribution in [1.29, 1.82) is 0 Å². The zero-order valence-corrected chi connectivity index (χ0v) is 23.1. The molecule has 0 saturated heterocycles. The number of ether oxygens (including phenoxy) is 1. The van der Waals surface area contributed by atoms with E-state index in [2.05, 4.69) is 48.9 Å². The van der Waals surface area contributed by atoms with Crippen LogP contribution in [0.2, 0.25) is 5.02 Å². The highest BCUT2D eigenvalue weighted by atomic mass is 79.9. The van der Waals surface area contributed by atoms with Crippen LogP contribution in [0.1, 0.15) is 65.0 Å². The summed E-state index contributed by atoms with van der Waals surface area (Å²) >= 11 is 9.93. The van der Waals surface area contributed by atoms with Crippen LogP contribution in [-0.2, 0) is 21.5 Å². The normalized spacial score (nSPS) is 12.2. The van der Waals surface area contributed by atoms with E-state index in [1.807, 2.05) is 43.3 Å². The molecule has 34 heavy (non-hydrogen) atoms. The maximum atomic E-state index is 13.4. The van der Waals surface area contributed by atoms with E-state index in [1.165, 1.54) is 0 Å². The summed E-state index contributed by atoms with van der Waals surface area (Å²) in [4.78, 5) is 27.9. The van der Waals surface area contributed by atoms with Gasteiger partial charge in [0.1, 0.15) is 11.8 Å². The van der Waals surface area contributed by atoms with Gasteiger partial charge >= 0.3 is 0 Å². The van der Waals surface area contributed by atoms with Gasteiger partial charge in [-0.25, -0.2) is 0 Å². The van der Waals surface area contributed by atoms with Gasteiger partial charge in [-0.2, -0.15) is 0 Å². The number of hydrogen-bond acceptors (Lipinski definition) is 3. The van der Waals surface area contributed by atoms with Gasteiger partial charge in [-0.15, -0.1) is 0 Å². The lowest BCUT2D eigenvalue weighted by molar-refractivity contribution is -0.143. The van der Waals surface area contributed by atoms with Crippen LogP contribution in [-0.4, -0.2) is 35.9 Å². The fourth-order valence-electron chi connectivity index (χ4n) is 3.54. The predicted molar refractivity (Wildman–Crippen MR) is 142 cm³/mol. The van der Waals surface area contributed by atoms with Gasteiger partial charge in [0.15, 0.2) is 6.61 Å². The van der Waals surface area contributed by atoms with Crippen LogP contribution in [0.25, 0.3) is 0 Å². The van der Waals surface area contributed by atoms with Gasteiger partial charge in [-0.05, 0) is 63.5 Å². The van der Waals surface area contributed by atoms with Gasteiger partial charge in [-0.1, -0.05) is 76.9 Å². The number of nitrogens with one attached hydrogen (secondary N) is 1. The number of hydrogen-bond donors (Lipinski definition) is 1. The molecule has 2 amide bonds. The van der Waals surface area contributed by atoms with E-state index in [0.29, 0.717) is 23.7 Å². The van der Waals surface area contributed by atoms with Crippen molar-refractivity contribution >= 4 is 39.3 Å². The Morgan fingerprint density at radius 2 is 1.85 bits per heavy atom. The molecule has 0 aromatic heterocycles. The Morgan fingerprint density at radius 3 is 2.44 bits per heavy atom. The molecule has 0 aliphatic heterocycles. The first-order valence-corrected chi connectivity index (χ1v) is 13.0. The minimum atomic E-state index is -0.615. The quantitative estimate of drug-likeness (QED) is 0.324. The second-order valence-corrected chi connectivity index (χ2v) is 10.6. The molecule has 2 aromatic carbocycles. The summed E-state index contributed by atoms with van der Waals surface area (Å²) in [5.41, 5.74) is 1.95. The standard InChI is InChI=1S/C27H36BrClN2O3/c1-6-8-15-30-26(33)23(7-2)31(17-19-11-9-10-12-22(19)29)25(32)18-34-24-14-13-20(16-21(24)28)27(3,4)5/h9-14,16,23H,6-8,15,17-18H2,1-5H3,(H,30,33). The van der Waals surface area contributed by atoms with E-state index in [1.54, 1.807) is 11.0 Å². The zero-order valence-electron chi connectivity index (χ0n) is 20.8. The molecule has 7 heteroatoms. The summed E-state index contributed by atoms with van der Waals surface area (Å²) in [6, 6.07) is 12.6. The van der Waals surface area contributed by atoms with Crippen molar-refractivity contribution in [2.24, 2.45) is 0 Å². The topological polar surface area (TPSA) is 58.6 Å². The lowest BCUT2D eigenvalue weighted by Gasteiger charge is -2.31. The molecule has 0 fully saturated rings. The lowest BCUT2D eigenvalue weighted by atomic mass is 9.87. The SMILES string of the molecule is CCCCNC(=O)C(CC)N(Cc1ccccc1Cl)C(=O)COc1ccc(C(C)(C)C)cc1Br. The summed E-state index contributed by atoms with van der Waals surface area (Å²) in [5, 5.41) is 3.52. The molecule has 0 spiro atoms. The number of carbonyl (C=O) groups is 2. The second-order valence-electron chi connectivity index (χ2n) is 9.37. The fraction of sp³-hybridized carbons (Fsp3) is 0.481. The first kappa shape index (κ1) is 28.2. The van der Waals surface area contributed by atoms with Crippen molar-refractivity contribution in [3.63, 3.8) is 0 Å². The molecule has 1 unspecified atom stereocenters. The monoisotopic (exact) mass is 550 g/mol. The van der Waals surface area contributed by atoms with E-state index in [9.17, 15) is 9.59 Å². The molecular weight excluding hydrogens is 516 g/mol. The summed E-state index contributed by atoms with van der Waals surface area (Å²) in [7, 11) is 0. The Kier molecular flexibility index (Phi) is 10.9. The number of rotatable bonds is 11. The van der Waals surface area contributed by atoms with E-state index >= 15 is 0 Å². The molecule has 5 nitrogen and oxygen atoms in total. The number of carbonyl (C=O) groups excluding carboxylic acids is 2. The van der Waals surface area contributed by atoms with E-state index in [4.69, 9.17) is 16.3 Å². The maximum absolute atomic E-state index is 13.4. The lowest BCUT2D eigenvalue weighted by Crippen LogP contribution is -2.50. The highest BCUT2D eigenvalue weighted by Crippen LogP contribution is 2.31. The van der Waals surface area contributed by atoms with Crippen molar-refractivity contribution in [2.75, 3.05) is 13.2 Å². The summed E-state index contributed by atoms with van der Waals surface area (Å²) in [6.07, 6.45) is 2.36. The minimum Gasteiger partial charge on any atom is -0.483 e. The third-order valence-corrected chi connectivity index (χ3v) is 6.65. The number of unbranched alkanes of at least 4 members (excludes halogenated alkanes) is 1. The van der Waals surface area contributed by atoms with Crippen LogP contribution in [0.3, 0.4) is 0 Å². The van der Waals surface area contributed by atoms with Crippen LogP contribution in [0.4, 0.5) is 0 Å². The molecule has 0 radical (unpaired) electrons. The van der Waals surface area contributed by atoms with Gasteiger partial charge in [0.25, 0.3) is 5.91 Å². The average Bonchev–Trinajstić information content (AvgIpc) is 2.78. The summed E-state index contributed by atoms with van der Waals surface area (Å²) in [5.74, 6) is 0.149. The molecule has 0 saturated carbocycles. The second kappa shape index (κ2) is 13.1. The van der Waals surface area contributed by atoms with Crippen molar-refractivity contribution in [1.82, 2.24) is 10.2 Å². The van der Waals surface area contributed by atoms with Crippen LogP contribution in [0.5, 0.6) is 5.75 Å². The molecule has 2 aromatic rings. The zero-order chi connectivity index (χ0) is 25.3. The fourth-order valence-corrected chi connectivity index (χ4v) is 4.23. The molecule has 0 aliphatic rings. The first-order valence-electron chi connectivity index (χ1n) is 11.8. The molecule has 1 atom stereocenters. The third-order valence-electron chi connectivity index (χ3n) is 5.66. The highest BCUT2D eigenvalue weighted by molar-refractivity contribution is 9.10. The number of benzene rings is 2. The van der Waals surface area contributed by atoms with Crippen molar-refractivity contribution in [3.05, 3.63) is 63.1 Å². The van der Waals surface area contributed by atoms with Crippen molar-refractivity contribution < 1.29 is 14.3 Å². The summed E-state index contributed by atoms with van der Waals surface area (Å²) < 4.78 is 6.67. The van der Waals surface area contributed by atoms with E-state index in [-0.39, 0.29) is 30.4 Å². The maximum Gasteiger partial charge on any atom is 0.261 e. The van der Waals surface area contributed by atoms with Crippen molar-refractivity contribution in [3.8, 4) is 5.75 Å². The van der Waals surface area contributed by atoms with Crippen LogP contribution in [0, 0.1) is 0 Å². The largest absolute Gasteiger partial charge is 0.483 e. The highest BCUT2D eigenvalue weighted by Gasteiger charge is 2.29. The molecular formula is C27H36BrClN2O3. The molecule has 0 heterocycles. The summed E-state index contributed by atoms with van der Waals surface area (Å²) in [6.45, 7) is 11.0. The average molecular weight is 552 g/mol. The van der Waals surface area contributed by atoms with Crippen LogP contribution in [0.15, 0.2) is 46.9 Å². The minimum absolute atomic E-state index is 0.00209. The van der Waals surface area contributed by atoms with Gasteiger partial charge in [-0.3, -0.25) is 9.59 Å². The Morgan fingerprint density at radius 1 is 1.15 bits per heavy atom. The molecule has 186 valence electrons. The number of amides is 2. The van der Waals surface area contributed by atoms with Gasteiger partial charge in [0.05, 0.1) is 4.47 Å². The Hall–Kier alpha value is -2.05. The van der Waals surface area contributed by atoms with Crippen molar-refractivity contribution in [2.45, 2.75) is 71.9 Å². The first-order chi connectivity index (χ1) is 16.1. The molecule has 0 bridgehead atoms. The Balaban J connectivity index is 2.22. The number of nitrogens with zero attached hydrogens (tertiary/aromatic N) is 1. The van der Waals surface area contributed by atoms with Gasteiger partial charge in [0, 0.05) is 18.1 Å².